The summed E-state index contributed by atoms with van der Waals surface area (Å²) in [4.78, 5) is 23.3. The Balaban J connectivity index is 1.90. The number of esters is 1. The Morgan fingerprint density at radius 1 is 1.47 bits per heavy atom. The Bertz CT molecular complexity index is 443. The number of unbranched alkanes of at least 4 members (excludes halogenated alkanes) is 1. The zero-order valence-electron chi connectivity index (χ0n) is 10.1. The monoisotopic (exact) mass is 238 g/mol. The van der Waals surface area contributed by atoms with Crippen molar-refractivity contribution in [1.82, 2.24) is 9.13 Å². The van der Waals surface area contributed by atoms with Crippen molar-refractivity contribution >= 4 is 5.97 Å². The summed E-state index contributed by atoms with van der Waals surface area (Å²) in [5.74, 6) is -0.339. The molecule has 1 aromatic heterocycles. The minimum Gasteiger partial charge on any atom is -0.464 e. The summed E-state index contributed by atoms with van der Waals surface area (Å²) >= 11 is 0. The lowest BCUT2D eigenvalue weighted by Crippen LogP contribution is -2.27. The summed E-state index contributed by atoms with van der Waals surface area (Å²) in [6, 6.07) is 0.347. The molecule has 5 heteroatoms. The highest BCUT2D eigenvalue weighted by atomic mass is 16.5. The Kier molecular flexibility index (Phi) is 3.66. The number of aromatic nitrogens is 2. The van der Waals surface area contributed by atoms with Gasteiger partial charge in [0.25, 0.3) is 0 Å². The highest BCUT2D eigenvalue weighted by Gasteiger charge is 2.25. The molecule has 0 N–H and O–H groups in total. The lowest BCUT2D eigenvalue weighted by Gasteiger charge is -2.03. The van der Waals surface area contributed by atoms with E-state index < -0.39 is 0 Å². The molecule has 5 nitrogen and oxygen atoms in total. The molecule has 0 unspecified atom stereocenters. The zero-order valence-corrected chi connectivity index (χ0v) is 10.1. The van der Waals surface area contributed by atoms with E-state index in [-0.39, 0.29) is 18.2 Å². The molecule has 1 aliphatic carbocycles. The number of hydrogen-bond acceptors (Lipinski definition) is 3. The third kappa shape index (κ3) is 2.99. The van der Waals surface area contributed by atoms with Gasteiger partial charge in [0.1, 0.15) is 6.54 Å². The van der Waals surface area contributed by atoms with Crippen molar-refractivity contribution in [3.05, 3.63) is 22.9 Å². The number of imidazole rings is 1. The van der Waals surface area contributed by atoms with E-state index >= 15 is 0 Å². The van der Waals surface area contributed by atoms with Crippen LogP contribution in [0, 0.1) is 0 Å². The average Bonchev–Trinajstić information content (AvgIpc) is 3.07. The van der Waals surface area contributed by atoms with Crippen molar-refractivity contribution in [3.63, 3.8) is 0 Å². The SMILES string of the molecule is CCCCOC(=O)Cn1ccn(C2CC2)c1=O. The molecule has 0 radical (unpaired) electrons. The van der Waals surface area contributed by atoms with Gasteiger partial charge in [0.05, 0.1) is 6.61 Å². The number of nitrogens with zero attached hydrogens (tertiary/aromatic N) is 2. The van der Waals surface area contributed by atoms with Crippen molar-refractivity contribution in [1.29, 1.82) is 0 Å². The van der Waals surface area contributed by atoms with Crippen LogP contribution in [0.1, 0.15) is 38.6 Å². The minimum atomic E-state index is -0.339. The molecule has 0 bridgehead atoms. The summed E-state index contributed by atoms with van der Waals surface area (Å²) < 4.78 is 8.12. The molecule has 0 aromatic carbocycles. The molecule has 1 heterocycles. The fraction of sp³-hybridized carbons (Fsp3) is 0.667. The molecule has 1 saturated carbocycles. The molecule has 0 spiro atoms. The van der Waals surface area contributed by atoms with E-state index in [1.807, 2.05) is 6.92 Å². The van der Waals surface area contributed by atoms with Gasteiger partial charge in [-0.05, 0) is 19.3 Å². The number of hydrogen-bond donors (Lipinski definition) is 0. The van der Waals surface area contributed by atoms with Crippen LogP contribution in [0.2, 0.25) is 0 Å². The predicted octanol–water partition coefficient (Wildman–Crippen LogP) is 1.33. The average molecular weight is 238 g/mol. The van der Waals surface area contributed by atoms with Crippen molar-refractivity contribution in [2.45, 2.75) is 45.2 Å². The molecule has 0 atom stereocenters. The van der Waals surface area contributed by atoms with E-state index in [4.69, 9.17) is 4.74 Å². The molecule has 17 heavy (non-hydrogen) atoms. The van der Waals surface area contributed by atoms with E-state index in [9.17, 15) is 9.59 Å². The molecule has 0 saturated heterocycles. The number of ether oxygens (including phenoxy) is 1. The summed E-state index contributed by atoms with van der Waals surface area (Å²) in [7, 11) is 0. The summed E-state index contributed by atoms with van der Waals surface area (Å²) in [6.45, 7) is 2.49. The molecule has 1 aliphatic rings. The van der Waals surface area contributed by atoms with Crippen LogP contribution in [0.3, 0.4) is 0 Å². The highest BCUT2D eigenvalue weighted by molar-refractivity contribution is 5.69. The first kappa shape index (κ1) is 12.0. The van der Waals surface area contributed by atoms with Gasteiger partial charge in [-0.15, -0.1) is 0 Å². The van der Waals surface area contributed by atoms with Crippen molar-refractivity contribution in [2.24, 2.45) is 0 Å². The van der Waals surface area contributed by atoms with Crippen LogP contribution in [0.5, 0.6) is 0 Å². The molecule has 2 rings (SSSR count). The molecule has 0 aliphatic heterocycles. The van der Waals surface area contributed by atoms with Crippen LogP contribution >= 0.6 is 0 Å². The van der Waals surface area contributed by atoms with Crippen LogP contribution in [-0.2, 0) is 16.1 Å². The fourth-order valence-electron chi connectivity index (χ4n) is 1.69. The second-order valence-electron chi connectivity index (χ2n) is 4.42. The van der Waals surface area contributed by atoms with Gasteiger partial charge in [-0.1, -0.05) is 13.3 Å². The zero-order chi connectivity index (χ0) is 12.3. The van der Waals surface area contributed by atoms with Gasteiger partial charge in [-0.25, -0.2) is 4.79 Å². The second kappa shape index (κ2) is 5.21. The van der Waals surface area contributed by atoms with Crippen LogP contribution in [0.25, 0.3) is 0 Å². The smallest absolute Gasteiger partial charge is 0.328 e. The van der Waals surface area contributed by atoms with Crippen molar-refractivity contribution < 1.29 is 9.53 Å². The molecular weight excluding hydrogens is 220 g/mol. The largest absolute Gasteiger partial charge is 0.464 e. The van der Waals surface area contributed by atoms with Crippen molar-refractivity contribution in [2.75, 3.05) is 6.61 Å². The Labute approximate surface area is 100.0 Å². The third-order valence-electron chi connectivity index (χ3n) is 2.87. The van der Waals surface area contributed by atoms with E-state index in [2.05, 4.69) is 0 Å². The van der Waals surface area contributed by atoms with Gasteiger partial charge in [0.2, 0.25) is 0 Å². The second-order valence-corrected chi connectivity index (χ2v) is 4.42. The van der Waals surface area contributed by atoms with Gasteiger partial charge in [0.15, 0.2) is 0 Å². The van der Waals surface area contributed by atoms with E-state index in [1.54, 1.807) is 17.0 Å². The predicted molar refractivity (Wildman–Crippen MR) is 62.8 cm³/mol. The Morgan fingerprint density at radius 3 is 2.88 bits per heavy atom. The van der Waals surface area contributed by atoms with Crippen LogP contribution in [0.15, 0.2) is 17.2 Å². The lowest BCUT2D eigenvalue weighted by molar-refractivity contribution is -0.144. The quantitative estimate of drug-likeness (QED) is 0.555. The highest BCUT2D eigenvalue weighted by Crippen LogP contribution is 2.33. The molecule has 1 aromatic rings. The minimum absolute atomic E-state index is 0.0161. The maximum atomic E-state index is 11.8. The van der Waals surface area contributed by atoms with Gasteiger partial charge < -0.3 is 4.74 Å². The summed E-state index contributed by atoms with van der Waals surface area (Å²) in [6.07, 6.45) is 7.38. The van der Waals surface area contributed by atoms with Gasteiger partial charge >= 0.3 is 11.7 Å². The first-order valence-electron chi connectivity index (χ1n) is 6.15. The lowest BCUT2D eigenvalue weighted by atomic mass is 10.4. The Morgan fingerprint density at radius 2 is 2.24 bits per heavy atom. The fourth-order valence-corrected chi connectivity index (χ4v) is 1.69. The summed E-state index contributed by atoms with van der Waals surface area (Å²) in [5.41, 5.74) is -0.111. The Hall–Kier alpha value is -1.52. The van der Waals surface area contributed by atoms with Crippen molar-refractivity contribution in [3.8, 4) is 0 Å². The van der Waals surface area contributed by atoms with E-state index in [1.165, 1.54) is 4.57 Å². The number of rotatable bonds is 6. The van der Waals surface area contributed by atoms with E-state index in [0.717, 1.165) is 25.7 Å². The first-order chi connectivity index (χ1) is 8.22. The molecule has 94 valence electrons. The number of carbonyl (C=O) groups is 1. The van der Waals surface area contributed by atoms with Gasteiger partial charge in [-0.2, -0.15) is 0 Å². The molecule has 0 amide bonds. The molecular formula is C12H18N2O3. The van der Waals surface area contributed by atoms with E-state index in [0.29, 0.717) is 12.6 Å². The van der Waals surface area contributed by atoms with Crippen LogP contribution < -0.4 is 5.69 Å². The first-order valence-corrected chi connectivity index (χ1v) is 6.15. The summed E-state index contributed by atoms with van der Waals surface area (Å²) in [5, 5.41) is 0. The van der Waals surface area contributed by atoms with Crippen LogP contribution in [-0.4, -0.2) is 21.7 Å². The maximum absolute atomic E-state index is 11.8. The van der Waals surface area contributed by atoms with Gasteiger partial charge in [-0.3, -0.25) is 13.9 Å². The maximum Gasteiger partial charge on any atom is 0.328 e. The number of carbonyl (C=O) groups excluding carboxylic acids is 1. The standard InChI is InChI=1S/C12H18N2O3/c1-2-3-8-17-11(15)9-13-6-7-14(12(13)16)10-4-5-10/h6-7,10H,2-5,8-9H2,1H3. The normalized spacial score (nSPS) is 14.9. The van der Waals surface area contributed by atoms with Gasteiger partial charge in [0, 0.05) is 18.4 Å². The third-order valence-corrected chi connectivity index (χ3v) is 2.87. The topological polar surface area (TPSA) is 53.2 Å². The van der Waals surface area contributed by atoms with Crippen LogP contribution in [0.4, 0.5) is 0 Å². The molecule has 1 fully saturated rings.